The van der Waals surface area contributed by atoms with Crippen molar-refractivity contribution < 1.29 is 9.18 Å². The van der Waals surface area contributed by atoms with E-state index in [4.69, 9.17) is 0 Å². The van der Waals surface area contributed by atoms with Crippen molar-refractivity contribution in [2.24, 2.45) is 5.92 Å². The van der Waals surface area contributed by atoms with Crippen LogP contribution < -0.4 is 5.32 Å². The van der Waals surface area contributed by atoms with Gasteiger partial charge in [0.15, 0.2) is 5.69 Å². The summed E-state index contributed by atoms with van der Waals surface area (Å²) in [5, 5.41) is 9.98. The van der Waals surface area contributed by atoms with Crippen molar-refractivity contribution >= 4 is 5.91 Å². The molecule has 1 aliphatic rings. The predicted molar refractivity (Wildman–Crippen MR) is 77.3 cm³/mol. The first-order valence-electron chi connectivity index (χ1n) is 7.22. The largest absolute Gasteiger partial charge is 0.347 e. The van der Waals surface area contributed by atoms with Crippen LogP contribution in [0.2, 0.25) is 0 Å². The monoisotopic (exact) mass is 287 g/mol. The van der Waals surface area contributed by atoms with Crippen molar-refractivity contribution in [3.8, 4) is 0 Å². The SMILES string of the molecule is CC1CCc2[nH]nc(C(=O)NCc3ccc(F)cc3)c2C1. The van der Waals surface area contributed by atoms with Gasteiger partial charge in [0, 0.05) is 17.8 Å². The second-order valence-corrected chi connectivity index (χ2v) is 5.69. The number of halogens is 1. The molecule has 0 fully saturated rings. The fourth-order valence-corrected chi connectivity index (χ4v) is 2.73. The van der Waals surface area contributed by atoms with Crippen LogP contribution in [-0.4, -0.2) is 16.1 Å². The number of aryl methyl sites for hydroxylation is 1. The molecule has 2 N–H and O–H groups in total. The summed E-state index contributed by atoms with van der Waals surface area (Å²) in [6.45, 7) is 2.56. The first-order valence-corrected chi connectivity index (χ1v) is 7.22. The summed E-state index contributed by atoms with van der Waals surface area (Å²) in [5.74, 6) is 0.130. The van der Waals surface area contributed by atoms with Gasteiger partial charge in [-0.25, -0.2) is 4.39 Å². The Hall–Kier alpha value is -2.17. The summed E-state index contributed by atoms with van der Waals surface area (Å²) in [5.41, 5.74) is 3.49. The maximum atomic E-state index is 12.8. The van der Waals surface area contributed by atoms with Gasteiger partial charge in [-0.3, -0.25) is 9.89 Å². The van der Waals surface area contributed by atoms with E-state index in [1.165, 1.54) is 12.1 Å². The van der Waals surface area contributed by atoms with Crippen LogP contribution >= 0.6 is 0 Å². The summed E-state index contributed by atoms with van der Waals surface area (Å²) in [7, 11) is 0. The van der Waals surface area contributed by atoms with Gasteiger partial charge < -0.3 is 5.32 Å². The fourth-order valence-electron chi connectivity index (χ4n) is 2.73. The number of fused-ring (bicyclic) bond motifs is 1. The van der Waals surface area contributed by atoms with Gasteiger partial charge in [-0.05, 0) is 42.9 Å². The highest BCUT2D eigenvalue weighted by Gasteiger charge is 2.24. The van der Waals surface area contributed by atoms with E-state index >= 15 is 0 Å². The van der Waals surface area contributed by atoms with E-state index in [0.717, 1.165) is 36.1 Å². The molecule has 0 saturated heterocycles. The average molecular weight is 287 g/mol. The van der Waals surface area contributed by atoms with E-state index < -0.39 is 0 Å². The molecule has 1 aromatic heterocycles. The Morgan fingerprint density at radius 2 is 2.19 bits per heavy atom. The minimum Gasteiger partial charge on any atom is -0.347 e. The Labute approximate surface area is 122 Å². The highest BCUT2D eigenvalue weighted by molar-refractivity contribution is 5.94. The first kappa shape index (κ1) is 13.8. The quantitative estimate of drug-likeness (QED) is 0.911. The second-order valence-electron chi connectivity index (χ2n) is 5.69. The summed E-state index contributed by atoms with van der Waals surface area (Å²) >= 11 is 0. The molecule has 1 amide bonds. The predicted octanol–water partition coefficient (Wildman–Crippen LogP) is 2.60. The van der Waals surface area contributed by atoms with Gasteiger partial charge in [-0.1, -0.05) is 19.1 Å². The molecule has 0 bridgehead atoms. The fraction of sp³-hybridized carbons (Fsp3) is 0.375. The Morgan fingerprint density at radius 3 is 2.95 bits per heavy atom. The number of amides is 1. The molecule has 1 atom stereocenters. The lowest BCUT2D eigenvalue weighted by Gasteiger charge is -2.17. The van der Waals surface area contributed by atoms with Crippen molar-refractivity contribution in [2.45, 2.75) is 32.7 Å². The van der Waals surface area contributed by atoms with E-state index in [0.29, 0.717) is 18.2 Å². The van der Waals surface area contributed by atoms with Gasteiger partial charge >= 0.3 is 0 Å². The Kier molecular flexibility index (Phi) is 3.73. The molecule has 110 valence electrons. The number of hydrogen-bond donors (Lipinski definition) is 2. The molecule has 0 aliphatic heterocycles. The molecule has 0 saturated carbocycles. The van der Waals surface area contributed by atoms with Crippen LogP contribution in [0, 0.1) is 11.7 Å². The number of carbonyl (C=O) groups is 1. The zero-order valence-corrected chi connectivity index (χ0v) is 11.9. The average Bonchev–Trinajstić information content (AvgIpc) is 2.89. The van der Waals surface area contributed by atoms with Gasteiger partial charge in [0.2, 0.25) is 0 Å². The molecule has 2 aromatic rings. The molecular formula is C16H18FN3O. The number of aromatic amines is 1. The number of benzene rings is 1. The Balaban J connectivity index is 1.68. The molecule has 1 unspecified atom stereocenters. The van der Waals surface area contributed by atoms with Crippen molar-refractivity contribution in [1.82, 2.24) is 15.5 Å². The van der Waals surface area contributed by atoms with Crippen LogP contribution in [0.1, 0.15) is 40.7 Å². The lowest BCUT2D eigenvalue weighted by atomic mass is 9.87. The van der Waals surface area contributed by atoms with Gasteiger partial charge in [0.1, 0.15) is 5.82 Å². The Bertz CT molecular complexity index is 648. The molecule has 0 spiro atoms. The molecule has 1 heterocycles. The minimum absolute atomic E-state index is 0.175. The lowest BCUT2D eigenvalue weighted by Crippen LogP contribution is -2.25. The van der Waals surface area contributed by atoms with E-state index in [-0.39, 0.29) is 11.7 Å². The van der Waals surface area contributed by atoms with Crippen LogP contribution in [-0.2, 0) is 19.4 Å². The van der Waals surface area contributed by atoms with Crippen molar-refractivity contribution in [3.05, 3.63) is 52.6 Å². The lowest BCUT2D eigenvalue weighted by molar-refractivity contribution is 0.0944. The zero-order chi connectivity index (χ0) is 14.8. The summed E-state index contributed by atoms with van der Waals surface area (Å²) in [6.07, 6.45) is 2.98. The Morgan fingerprint density at radius 1 is 1.43 bits per heavy atom. The number of carbonyl (C=O) groups excluding carboxylic acids is 1. The van der Waals surface area contributed by atoms with Crippen LogP contribution in [0.3, 0.4) is 0 Å². The van der Waals surface area contributed by atoms with E-state index in [2.05, 4.69) is 22.4 Å². The smallest absolute Gasteiger partial charge is 0.272 e. The van der Waals surface area contributed by atoms with Crippen molar-refractivity contribution in [1.29, 1.82) is 0 Å². The van der Waals surface area contributed by atoms with Crippen LogP contribution in [0.5, 0.6) is 0 Å². The molecule has 5 heteroatoms. The van der Waals surface area contributed by atoms with Crippen molar-refractivity contribution in [3.63, 3.8) is 0 Å². The van der Waals surface area contributed by atoms with Gasteiger partial charge in [-0.15, -0.1) is 0 Å². The van der Waals surface area contributed by atoms with Crippen LogP contribution in [0.15, 0.2) is 24.3 Å². The topological polar surface area (TPSA) is 57.8 Å². The third-order valence-electron chi connectivity index (χ3n) is 3.97. The maximum absolute atomic E-state index is 12.8. The summed E-state index contributed by atoms with van der Waals surface area (Å²) in [6, 6.07) is 6.11. The molecule has 1 aromatic carbocycles. The number of H-pyrrole nitrogens is 1. The number of aromatic nitrogens is 2. The van der Waals surface area contributed by atoms with Crippen LogP contribution in [0.4, 0.5) is 4.39 Å². The number of rotatable bonds is 3. The van der Waals surface area contributed by atoms with E-state index in [1.54, 1.807) is 12.1 Å². The third-order valence-corrected chi connectivity index (χ3v) is 3.97. The van der Waals surface area contributed by atoms with Gasteiger partial charge in [0.05, 0.1) is 0 Å². The number of nitrogens with zero attached hydrogens (tertiary/aromatic N) is 1. The molecule has 1 aliphatic carbocycles. The zero-order valence-electron chi connectivity index (χ0n) is 11.9. The minimum atomic E-state index is -0.277. The molecular weight excluding hydrogens is 269 g/mol. The van der Waals surface area contributed by atoms with Gasteiger partial charge in [0.25, 0.3) is 5.91 Å². The second kappa shape index (κ2) is 5.68. The summed E-state index contributed by atoms with van der Waals surface area (Å²) < 4.78 is 12.8. The normalized spacial score (nSPS) is 17.3. The van der Waals surface area contributed by atoms with E-state index in [1.807, 2.05) is 0 Å². The highest BCUT2D eigenvalue weighted by Crippen LogP contribution is 2.26. The van der Waals surface area contributed by atoms with E-state index in [9.17, 15) is 9.18 Å². The van der Waals surface area contributed by atoms with Crippen LogP contribution in [0.25, 0.3) is 0 Å². The molecule has 4 nitrogen and oxygen atoms in total. The van der Waals surface area contributed by atoms with Gasteiger partial charge in [-0.2, -0.15) is 5.10 Å². The first-order chi connectivity index (χ1) is 10.1. The number of nitrogens with one attached hydrogen (secondary N) is 2. The standard InChI is InChI=1S/C16H18FN3O/c1-10-2-7-14-13(8-10)15(20-19-14)16(21)18-9-11-3-5-12(17)6-4-11/h3-6,10H,2,7-9H2,1H3,(H,18,21)(H,19,20). The molecule has 21 heavy (non-hydrogen) atoms. The molecule has 0 radical (unpaired) electrons. The maximum Gasteiger partial charge on any atom is 0.272 e. The van der Waals surface area contributed by atoms with Crippen molar-refractivity contribution in [2.75, 3.05) is 0 Å². The third kappa shape index (κ3) is 2.96. The number of hydrogen-bond acceptors (Lipinski definition) is 2. The highest BCUT2D eigenvalue weighted by atomic mass is 19.1. The summed E-state index contributed by atoms with van der Waals surface area (Å²) in [4.78, 5) is 12.3. The molecule has 3 rings (SSSR count).